The molecule has 2 heterocycles. The highest BCUT2D eigenvalue weighted by molar-refractivity contribution is 7.99. The molecule has 0 aromatic heterocycles. The van der Waals surface area contributed by atoms with E-state index in [4.69, 9.17) is 5.73 Å². The minimum Gasteiger partial charge on any atom is -0.329 e. The van der Waals surface area contributed by atoms with Crippen LogP contribution in [0.15, 0.2) is 0 Å². The van der Waals surface area contributed by atoms with Crippen molar-refractivity contribution in [3.8, 4) is 0 Å². The van der Waals surface area contributed by atoms with Gasteiger partial charge in [0.1, 0.15) is 0 Å². The second kappa shape index (κ2) is 7.13. The number of piperazine rings is 1. The SMILES string of the molecule is CCSCCC(CN)N1CC2CCCN2CC1C. The highest BCUT2D eigenvalue weighted by Gasteiger charge is 2.36. The lowest BCUT2D eigenvalue weighted by molar-refractivity contribution is 0.0294. The monoisotopic (exact) mass is 271 g/mol. The maximum absolute atomic E-state index is 6.02. The third-order valence-electron chi connectivity index (χ3n) is 4.53. The molecule has 2 fully saturated rings. The van der Waals surface area contributed by atoms with Gasteiger partial charge >= 0.3 is 0 Å². The third kappa shape index (κ3) is 3.41. The Bertz CT molecular complexity index is 249. The van der Waals surface area contributed by atoms with Gasteiger partial charge in [0.25, 0.3) is 0 Å². The second-order valence-electron chi connectivity index (χ2n) is 5.71. The van der Waals surface area contributed by atoms with Gasteiger partial charge in [0.2, 0.25) is 0 Å². The molecule has 3 unspecified atom stereocenters. The Balaban J connectivity index is 1.88. The van der Waals surface area contributed by atoms with Gasteiger partial charge in [0, 0.05) is 37.8 Å². The Kier molecular flexibility index (Phi) is 5.80. The van der Waals surface area contributed by atoms with Crippen LogP contribution in [0.4, 0.5) is 0 Å². The van der Waals surface area contributed by atoms with Crippen LogP contribution < -0.4 is 5.73 Å². The Morgan fingerprint density at radius 1 is 1.39 bits per heavy atom. The molecule has 0 aromatic rings. The van der Waals surface area contributed by atoms with Crippen LogP contribution in [0.25, 0.3) is 0 Å². The molecule has 106 valence electrons. The van der Waals surface area contributed by atoms with Gasteiger partial charge in [-0.05, 0) is 44.2 Å². The summed E-state index contributed by atoms with van der Waals surface area (Å²) in [7, 11) is 0. The Labute approximate surface area is 116 Å². The summed E-state index contributed by atoms with van der Waals surface area (Å²) in [6.45, 7) is 9.26. The zero-order chi connectivity index (χ0) is 13.0. The van der Waals surface area contributed by atoms with E-state index in [9.17, 15) is 0 Å². The Morgan fingerprint density at radius 3 is 2.94 bits per heavy atom. The van der Waals surface area contributed by atoms with E-state index in [-0.39, 0.29) is 0 Å². The molecule has 3 atom stereocenters. The second-order valence-corrected chi connectivity index (χ2v) is 7.11. The molecule has 0 saturated carbocycles. The van der Waals surface area contributed by atoms with Crippen molar-refractivity contribution < 1.29 is 0 Å². The molecule has 0 amide bonds. The molecule has 3 nitrogen and oxygen atoms in total. The maximum atomic E-state index is 6.02. The zero-order valence-corrected chi connectivity index (χ0v) is 12.8. The molecule has 4 heteroatoms. The number of nitrogens with zero attached hydrogens (tertiary/aromatic N) is 2. The van der Waals surface area contributed by atoms with Gasteiger partial charge in [0.15, 0.2) is 0 Å². The van der Waals surface area contributed by atoms with Gasteiger partial charge in [-0.15, -0.1) is 0 Å². The first-order valence-electron chi connectivity index (χ1n) is 7.53. The molecule has 2 rings (SSSR count). The largest absolute Gasteiger partial charge is 0.329 e. The first-order chi connectivity index (χ1) is 8.76. The third-order valence-corrected chi connectivity index (χ3v) is 5.46. The first-order valence-corrected chi connectivity index (χ1v) is 8.69. The Morgan fingerprint density at radius 2 is 2.22 bits per heavy atom. The van der Waals surface area contributed by atoms with Crippen LogP contribution in [-0.2, 0) is 0 Å². The van der Waals surface area contributed by atoms with Crippen molar-refractivity contribution in [2.75, 3.05) is 37.7 Å². The summed E-state index contributed by atoms with van der Waals surface area (Å²) in [5.41, 5.74) is 6.02. The fraction of sp³-hybridized carbons (Fsp3) is 1.00. The normalized spacial score (nSPS) is 31.5. The molecular weight excluding hydrogens is 242 g/mol. The average molecular weight is 271 g/mol. The summed E-state index contributed by atoms with van der Waals surface area (Å²) in [6, 6.07) is 2.09. The van der Waals surface area contributed by atoms with Gasteiger partial charge in [-0.1, -0.05) is 6.92 Å². The molecule has 2 aliphatic rings. The summed E-state index contributed by atoms with van der Waals surface area (Å²) in [6.07, 6.45) is 4.04. The maximum Gasteiger partial charge on any atom is 0.0230 e. The molecule has 0 spiro atoms. The molecule has 2 aliphatic heterocycles. The molecule has 2 saturated heterocycles. The summed E-state index contributed by atoms with van der Waals surface area (Å²) in [5.74, 6) is 2.49. The minimum absolute atomic E-state index is 0.599. The van der Waals surface area contributed by atoms with Gasteiger partial charge in [-0.2, -0.15) is 11.8 Å². The lowest BCUT2D eigenvalue weighted by atomic mass is 10.0. The van der Waals surface area contributed by atoms with Crippen LogP contribution in [0.2, 0.25) is 0 Å². The lowest BCUT2D eigenvalue weighted by Crippen LogP contribution is -2.59. The topological polar surface area (TPSA) is 32.5 Å². The number of hydrogen-bond donors (Lipinski definition) is 1. The highest BCUT2D eigenvalue weighted by atomic mass is 32.2. The molecule has 0 radical (unpaired) electrons. The van der Waals surface area contributed by atoms with E-state index in [1.807, 2.05) is 11.8 Å². The van der Waals surface area contributed by atoms with E-state index < -0.39 is 0 Å². The summed E-state index contributed by atoms with van der Waals surface area (Å²) >= 11 is 2.04. The van der Waals surface area contributed by atoms with Gasteiger partial charge < -0.3 is 5.73 Å². The van der Waals surface area contributed by atoms with Crippen LogP contribution in [-0.4, -0.2) is 65.6 Å². The van der Waals surface area contributed by atoms with Crippen molar-refractivity contribution in [2.24, 2.45) is 5.73 Å². The van der Waals surface area contributed by atoms with Crippen molar-refractivity contribution in [1.82, 2.24) is 9.80 Å². The van der Waals surface area contributed by atoms with Gasteiger partial charge in [-0.3, -0.25) is 9.80 Å². The van der Waals surface area contributed by atoms with Crippen molar-refractivity contribution in [3.63, 3.8) is 0 Å². The van der Waals surface area contributed by atoms with Crippen molar-refractivity contribution in [2.45, 2.75) is 51.2 Å². The van der Waals surface area contributed by atoms with E-state index >= 15 is 0 Å². The average Bonchev–Trinajstić information content (AvgIpc) is 2.81. The summed E-state index contributed by atoms with van der Waals surface area (Å²) < 4.78 is 0. The van der Waals surface area contributed by atoms with Gasteiger partial charge in [-0.25, -0.2) is 0 Å². The zero-order valence-electron chi connectivity index (χ0n) is 12.0. The van der Waals surface area contributed by atoms with Crippen LogP contribution >= 0.6 is 11.8 Å². The minimum atomic E-state index is 0.599. The molecule has 0 bridgehead atoms. The smallest absolute Gasteiger partial charge is 0.0230 e. The van der Waals surface area contributed by atoms with E-state index in [1.165, 1.54) is 50.4 Å². The number of thioether (sulfide) groups is 1. The van der Waals surface area contributed by atoms with Crippen molar-refractivity contribution in [1.29, 1.82) is 0 Å². The fourth-order valence-electron chi connectivity index (χ4n) is 3.50. The number of hydrogen-bond acceptors (Lipinski definition) is 4. The Hall–Kier alpha value is 0.230. The summed E-state index contributed by atoms with van der Waals surface area (Å²) in [4.78, 5) is 5.39. The fourth-order valence-corrected chi connectivity index (χ4v) is 4.23. The van der Waals surface area contributed by atoms with Crippen LogP contribution in [0.1, 0.15) is 33.1 Å². The molecular formula is C14H29N3S. The predicted molar refractivity (Wildman–Crippen MR) is 81.2 cm³/mol. The molecule has 18 heavy (non-hydrogen) atoms. The van der Waals surface area contributed by atoms with Crippen LogP contribution in [0.5, 0.6) is 0 Å². The quantitative estimate of drug-likeness (QED) is 0.744. The lowest BCUT2D eigenvalue weighted by Gasteiger charge is -2.46. The highest BCUT2D eigenvalue weighted by Crippen LogP contribution is 2.26. The van der Waals surface area contributed by atoms with Crippen LogP contribution in [0, 0.1) is 0 Å². The standard InChI is InChI=1S/C14H29N3S/c1-3-18-8-6-13(9-15)17-11-14-5-4-7-16(14)10-12(17)2/h12-14H,3-11,15H2,1-2H3. The van der Waals surface area contributed by atoms with E-state index in [0.29, 0.717) is 12.1 Å². The molecule has 2 N–H and O–H groups in total. The van der Waals surface area contributed by atoms with Crippen LogP contribution in [0.3, 0.4) is 0 Å². The van der Waals surface area contributed by atoms with Crippen molar-refractivity contribution >= 4 is 11.8 Å². The number of rotatable bonds is 6. The van der Waals surface area contributed by atoms with E-state index in [1.54, 1.807) is 0 Å². The summed E-state index contributed by atoms with van der Waals surface area (Å²) in [5, 5.41) is 0. The van der Waals surface area contributed by atoms with Crippen molar-refractivity contribution in [3.05, 3.63) is 0 Å². The predicted octanol–water partition coefficient (Wildman–Crippen LogP) is 1.63. The van der Waals surface area contributed by atoms with E-state index in [0.717, 1.165) is 12.6 Å². The van der Waals surface area contributed by atoms with Gasteiger partial charge in [0.05, 0.1) is 0 Å². The molecule has 0 aliphatic carbocycles. The van der Waals surface area contributed by atoms with E-state index in [2.05, 4.69) is 23.6 Å². The number of nitrogens with two attached hydrogens (primary N) is 1. The first kappa shape index (κ1) is 14.6. The molecule has 0 aromatic carbocycles. The number of fused-ring (bicyclic) bond motifs is 1.